The van der Waals surface area contributed by atoms with Crippen LogP contribution in [0.5, 0.6) is 0 Å². The van der Waals surface area contributed by atoms with Gasteiger partial charge in [0.2, 0.25) is 0 Å². The lowest BCUT2D eigenvalue weighted by molar-refractivity contribution is 0.511. The summed E-state index contributed by atoms with van der Waals surface area (Å²) in [6, 6.07) is 7.72. The summed E-state index contributed by atoms with van der Waals surface area (Å²) in [5.74, 6) is -1.55. The highest BCUT2D eigenvalue weighted by Crippen LogP contribution is 2.38. The highest BCUT2D eigenvalue weighted by Gasteiger charge is 2.19. The molecule has 0 saturated carbocycles. The van der Waals surface area contributed by atoms with Crippen LogP contribution in [0, 0.1) is 11.6 Å². The lowest BCUT2D eigenvalue weighted by atomic mass is 10.1. The third-order valence-corrected chi connectivity index (χ3v) is 3.67. The third kappa shape index (κ3) is 1.90. The van der Waals surface area contributed by atoms with Gasteiger partial charge in [-0.1, -0.05) is 12.1 Å². The zero-order valence-electron chi connectivity index (χ0n) is 9.65. The molecule has 0 saturated heterocycles. The summed E-state index contributed by atoms with van der Waals surface area (Å²) in [6.07, 6.45) is 0. The number of aromatic amines is 1. The standard InChI is InChI=1S/C13H9F2N3S/c14-8-4-1-3-7(11(8)15)12-10(13(16)18-17-12)9-5-2-6-19-9/h1-6H,(H3,16,17,18). The topological polar surface area (TPSA) is 54.7 Å². The van der Waals surface area contributed by atoms with Crippen LogP contribution < -0.4 is 5.73 Å². The molecule has 0 fully saturated rings. The Morgan fingerprint density at radius 3 is 2.74 bits per heavy atom. The van der Waals surface area contributed by atoms with Crippen molar-refractivity contribution in [1.82, 2.24) is 10.2 Å². The molecule has 19 heavy (non-hydrogen) atoms. The Morgan fingerprint density at radius 2 is 2.00 bits per heavy atom. The fraction of sp³-hybridized carbons (Fsp3) is 0. The van der Waals surface area contributed by atoms with Crippen molar-refractivity contribution in [3.05, 3.63) is 47.3 Å². The molecule has 0 bridgehead atoms. The molecule has 0 radical (unpaired) electrons. The number of hydrogen-bond donors (Lipinski definition) is 2. The van der Waals surface area contributed by atoms with Gasteiger partial charge in [-0.3, -0.25) is 5.10 Å². The van der Waals surface area contributed by atoms with Crippen LogP contribution in [0.15, 0.2) is 35.7 Å². The Labute approximate surface area is 111 Å². The fourth-order valence-electron chi connectivity index (χ4n) is 1.92. The molecule has 2 heterocycles. The average Bonchev–Trinajstić information content (AvgIpc) is 3.02. The number of thiophene rings is 1. The molecular weight excluding hydrogens is 268 g/mol. The van der Waals surface area contributed by atoms with Crippen molar-refractivity contribution >= 4 is 17.2 Å². The minimum Gasteiger partial charge on any atom is -0.382 e. The first-order chi connectivity index (χ1) is 9.18. The first kappa shape index (κ1) is 11.9. The number of nitrogens with zero attached hydrogens (tertiary/aromatic N) is 1. The number of halogens is 2. The van der Waals surface area contributed by atoms with Gasteiger partial charge >= 0.3 is 0 Å². The number of nitrogen functional groups attached to an aromatic ring is 1. The molecule has 0 unspecified atom stereocenters. The summed E-state index contributed by atoms with van der Waals surface area (Å²) in [5.41, 5.74) is 6.91. The molecule has 3 N–H and O–H groups in total. The maximum atomic E-state index is 13.9. The number of anilines is 1. The Bertz CT molecular complexity index is 720. The second-order valence-electron chi connectivity index (χ2n) is 3.94. The molecule has 3 rings (SSSR count). The van der Waals surface area contributed by atoms with Crippen molar-refractivity contribution in [2.24, 2.45) is 0 Å². The van der Waals surface area contributed by atoms with Crippen LogP contribution in [0.1, 0.15) is 0 Å². The van der Waals surface area contributed by atoms with Gasteiger partial charge < -0.3 is 5.73 Å². The van der Waals surface area contributed by atoms with Gasteiger partial charge in [-0.05, 0) is 23.6 Å². The van der Waals surface area contributed by atoms with Gasteiger partial charge in [-0.2, -0.15) is 5.10 Å². The van der Waals surface area contributed by atoms with Gasteiger partial charge in [0, 0.05) is 10.4 Å². The van der Waals surface area contributed by atoms with Gasteiger partial charge in [0.05, 0.1) is 11.3 Å². The normalized spacial score (nSPS) is 10.8. The van der Waals surface area contributed by atoms with Gasteiger partial charge in [0.1, 0.15) is 0 Å². The average molecular weight is 277 g/mol. The SMILES string of the molecule is Nc1n[nH]c(-c2cccc(F)c2F)c1-c1cccs1. The van der Waals surface area contributed by atoms with Crippen molar-refractivity contribution < 1.29 is 8.78 Å². The number of H-pyrrole nitrogens is 1. The van der Waals surface area contributed by atoms with E-state index in [0.717, 1.165) is 10.9 Å². The molecule has 2 aromatic heterocycles. The van der Waals surface area contributed by atoms with Gasteiger partial charge in [0.25, 0.3) is 0 Å². The third-order valence-electron chi connectivity index (χ3n) is 2.78. The maximum Gasteiger partial charge on any atom is 0.168 e. The second kappa shape index (κ2) is 4.47. The number of nitrogens with one attached hydrogen (secondary N) is 1. The van der Waals surface area contributed by atoms with E-state index in [0.29, 0.717) is 11.3 Å². The largest absolute Gasteiger partial charge is 0.382 e. The van der Waals surface area contributed by atoms with Crippen LogP contribution in [0.2, 0.25) is 0 Å². The molecule has 6 heteroatoms. The van der Waals surface area contributed by atoms with Crippen LogP contribution in [0.3, 0.4) is 0 Å². The number of aromatic nitrogens is 2. The lowest BCUT2D eigenvalue weighted by Gasteiger charge is -2.04. The summed E-state index contributed by atoms with van der Waals surface area (Å²) >= 11 is 1.46. The lowest BCUT2D eigenvalue weighted by Crippen LogP contribution is -1.91. The quantitative estimate of drug-likeness (QED) is 0.751. The van der Waals surface area contributed by atoms with E-state index in [1.807, 2.05) is 17.5 Å². The van der Waals surface area contributed by atoms with Crippen LogP contribution in [0.25, 0.3) is 21.7 Å². The number of rotatable bonds is 2. The van der Waals surface area contributed by atoms with Crippen molar-refractivity contribution in [2.75, 3.05) is 5.73 Å². The minimum absolute atomic E-state index is 0.118. The molecule has 0 spiro atoms. The molecule has 0 aliphatic carbocycles. The van der Waals surface area contributed by atoms with Crippen LogP contribution in [0.4, 0.5) is 14.6 Å². The summed E-state index contributed by atoms with van der Waals surface area (Å²) in [7, 11) is 0. The predicted octanol–water partition coefficient (Wildman–Crippen LogP) is 3.67. The van der Waals surface area contributed by atoms with Gasteiger partial charge in [0.15, 0.2) is 17.5 Å². The molecule has 0 aliphatic heterocycles. The number of nitrogens with two attached hydrogens (primary N) is 1. The highest BCUT2D eigenvalue weighted by molar-refractivity contribution is 7.13. The zero-order valence-corrected chi connectivity index (χ0v) is 10.5. The van der Waals surface area contributed by atoms with Crippen molar-refractivity contribution in [3.8, 4) is 21.7 Å². The molecule has 0 atom stereocenters. The molecule has 96 valence electrons. The molecule has 3 nitrogen and oxygen atoms in total. The van der Waals surface area contributed by atoms with Crippen LogP contribution in [-0.2, 0) is 0 Å². The highest BCUT2D eigenvalue weighted by atomic mass is 32.1. The number of benzene rings is 1. The van der Waals surface area contributed by atoms with Crippen molar-refractivity contribution in [2.45, 2.75) is 0 Å². The smallest absolute Gasteiger partial charge is 0.168 e. The molecule has 0 amide bonds. The minimum atomic E-state index is -0.913. The molecule has 0 aliphatic rings. The summed E-state index contributed by atoms with van der Waals surface area (Å²) in [5, 5.41) is 8.44. The Balaban J connectivity index is 2.25. The van der Waals surface area contributed by atoms with E-state index >= 15 is 0 Å². The first-order valence-corrected chi connectivity index (χ1v) is 6.38. The Hall–Kier alpha value is -2.21. The van der Waals surface area contributed by atoms with E-state index < -0.39 is 11.6 Å². The van der Waals surface area contributed by atoms with Gasteiger partial charge in [-0.25, -0.2) is 8.78 Å². The fourth-order valence-corrected chi connectivity index (χ4v) is 2.70. The number of hydrogen-bond acceptors (Lipinski definition) is 3. The molecule has 3 aromatic rings. The van der Waals surface area contributed by atoms with Crippen LogP contribution in [-0.4, -0.2) is 10.2 Å². The Kier molecular flexibility index (Phi) is 2.79. The van der Waals surface area contributed by atoms with E-state index in [9.17, 15) is 8.78 Å². The first-order valence-electron chi connectivity index (χ1n) is 5.50. The van der Waals surface area contributed by atoms with Crippen molar-refractivity contribution in [3.63, 3.8) is 0 Å². The van der Waals surface area contributed by atoms with Crippen LogP contribution >= 0.6 is 11.3 Å². The van der Waals surface area contributed by atoms with E-state index in [2.05, 4.69) is 10.2 Å². The van der Waals surface area contributed by atoms with E-state index in [1.54, 1.807) is 0 Å². The summed E-state index contributed by atoms with van der Waals surface area (Å²) < 4.78 is 27.2. The zero-order chi connectivity index (χ0) is 13.4. The predicted molar refractivity (Wildman–Crippen MR) is 71.7 cm³/mol. The monoisotopic (exact) mass is 277 g/mol. The van der Waals surface area contributed by atoms with E-state index in [1.165, 1.54) is 23.5 Å². The summed E-state index contributed by atoms with van der Waals surface area (Å²) in [6.45, 7) is 0. The Morgan fingerprint density at radius 1 is 1.16 bits per heavy atom. The molecule has 1 aromatic carbocycles. The molecular formula is C13H9F2N3S. The summed E-state index contributed by atoms with van der Waals surface area (Å²) in [4.78, 5) is 0.852. The van der Waals surface area contributed by atoms with Crippen molar-refractivity contribution in [1.29, 1.82) is 0 Å². The van der Waals surface area contributed by atoms with E-state index in [-0.39, 0.29) is 11.4 Å². The van der Waals surface area contributed by atoms with E-state index in [4.69, 9.17) is 5.73 Å². The second-order valence-corrected chi connectivity index (χ2v) is 4.89. The van der Waals surface area contributed by atoms with Gasteiger partial charge in [-0.15, -0.1) is 11.3 Å². The maximum absolute atomic E-state index is 13.9.